The van der Waals surface area contributed by atoms with E-state index in [1.165, 1.54) is 44.5 Å². The summed E-state index contributed by atoms with van der Waals surface area (Å²) in [6, 6.07) is 29.2. The van der Waals surface area contributed by atoms with Gasteiger partial charge in [0.2, 0.25) is 0 Å². The van der Waals surface area contributed by atoms with Crippen molar-refractivity contribution >= 4 is 0 Å². The maximum Gasteiger partial charge on any atom is 0.0667 e. The number of hydrogen-bond acceptors (Lipinski definition) is 0. The van der Waals surface area contributed by atoms with E-state index in [9.17, 15) is 0 Å². The third-order valence-corrected chi connectivity index (χ3v) is 6.98. The summed E-state index contributed by atoms with van der Waals surface area (Å²) in [7, 11) is 0. The lowest BCUT2D eigenvalue weighted by molar-refractivity contribution is 0.553. The minimum atomic E-state index is -0.303. The molecule has 0 heteroatoms. The molecule has 0 nitrogen and oxygen atoms in total. The first-order valence-electron chi connectivity index (χ1n) is 11.0. The fraction of sp³-hybridized carbons (Fsp3) is 0.267. The van der Waals surface area contributed by atoms with E-state index in [2.05, 4.69) is 120 Å². The van der Waals surface area contributed by atoms with Gasteiger partial charge >= 0.3 is 0 Å². The molecule has 0 saturated heterocycles. The molecule has 0 amide bonds. The first kappa shape index (κ1) is 20.4. The van der Waals surface area contributed by atoms with Crippen LogP contribution in [0.2, 0.25) is 0 Å². The van der Waals surface area contributed by atoms with Crippen molar-refractivity contribution < 1.29 is 0 Å². The van der Waals surface area contributed by atoms with Crippen LogP contribution in [0.1, 0.15) is 55.0 Å². The van der Waals surface area contributed by atoms with E-state index >= 15 is 0 Å². The lowest BCUT2D eigenvalue weighted by Crippen LogP contribution is -2.35. The van der Waals surface area contributed by atoms with Crippen LogP contribution in [-0.4, -0.2) is 0 Å². The van der Waals surface area contributed by atoms with Gasteiger partial charge < -0.3 is 0 Å². The third kappa shape index (κ3) is 3.35. The molecule has 1 aliphatic rings. The number of aryl methyl sites for hydroxylation is 2. The monoisotopic (exact) mass is 392 g/mol. The van der Waals surface area contributed by atoms with Gasteiger partial charge in [0.1, 0.15) is 0 Å². The molecule has 3 aromatic rings. The summed E-state index contributed by atoms with van der Waals surface area (Å²) in [6.07, 6.45) is 3.59. The summed E-state index contributed by atoms with van der Waals surface area (Å²) in [5, 5.41) is 0. The molecule has 0 spiro atoms. The Balaban J connectivity index is 2.15. The lowest BCUT2D eigenvalue weighted by atomic mass is 9.59. The van der Waals surface area contributed by atoms with E-state index in [-0.39, 0.29) is 5.41 Å². The van der Waals surface area contributed by atoms with Crippen LogP contribution in [-0.2, 0) is 5.41 Å². The van der Waals surface area contributed by atoms with Crippen LogP contribution in [0, 0.1) is 19.8 Å². The summed E-state index contributed by atoms with van der Waals surface area (Å²) < 4.78 is 0. The van der Waals surface area contributed by atoms with Gasteiger partial charge in [-0.3, -0.25) is 0 Å². The Bertz CT molecular complexity index is 1060. The molecule has 0 saturated carbocycles. The quantitative estimate of drug-likeness (QED) is 0.395. The summed E-state index contributed by atoms with van der Waals surface area (Å²) in [5.74, 6) is 0.468. The molecule has 4 rings (SSSR count). The molecule has 1 aliphatic carbocycles. The van der Waals surface area contributed by atoms with Gasteiger partial charge in [0.25, 0.3) is 0 Å². The minimum absolute atomic E-state index is 0.303. The molecule has 3 aromatic carbocycles. The number of rotatable bonds is 4. The topological polar surface area (TPSA) is 0 Å². The van der Waals surface area contributed by atoms with E-state index in [0.717, 1.165) is 6.42 Å². The van der Waals surface area contributed by atoms with Crippen LogP contribution < -0.4 is 0 Å². The summed E-state index contributed by atoms with van der Waals surface area (Å²) in [6.45, 7) is 11.4. The van der Waals surface area contributed by atoms with Crippen molar-refractivity contribution in [3.05, 3.63) is 129 Å². The Morgan fingerprint density at radius 2 is 1.23 bits per heavy atom. The second-order valence-corrected chi connectivity index (χ2v) is 8.95. The molecule has 0 radical (unpaired) electrons. The van der Waals surface area contributed by atoms with Gasteiger partial charge in [-0.05, 0) is 73.4 Å². The van der Waals surface area contributed by atoms with Gasteiger partial charge in [-0.25, -0.2) is 0 Å². The predicted molar refractivity (Wildman–Crippen MR) is 129 cm³/mol. The Kier molecular flexibility index (Phi) is 5.52. The van der Waals surface area contributed by atoms with E-state index in [1.807, 2.05) is 0 Å². The third-order valence-electron chi connectivity index (χ3n) is 6.98. The van der Waals surface area contributed by atoms with Crippen LogP contribution in [0.3, 0.4) is 0 Å². The largest absolute Gasteiger partial charge is 0.0698 e. The summed E-state index contributed by atoms with van der Waals surface area (Å²) >= 11 is 0. The smallest absolute Gasteiger partial charge is 0.0667 e. The van der Waals surface area contributed by atoms with Gasteiger partial charge in [-0.15, -0.1) is 0 Å². The van der Waals surface area contributed by atoms with Gasteiger partial charge in [-0.1, -0.05) is 103 Å². The minimum Gasteiger partial charge on any atom is -0.0698 e. The second kappa shape index (κ2) is 8.11. The van der Waals surface area contributed by atoms with E-state index in [4.69, 9.17) is 0 Å². The average molecular weight is 393 g/mol. The molecule has 0 heterocycles. The van der Waals surface area contributed by atoms with Gasteiger partial charge in [-0.2, -0.15) is 0 Å². The van der Waals surface area contributed by atoms with Crippen molar-refractivity contribution in [2.75, 3.05) is 0 Å². The van der Waals surface area contributed by atoms with Crippen LogP contribution in [0.5, 0.6) is 0 Å². The van der Waals surface area contributed by atoms with Crippen molar-refractivity contribution in [1.29, 1.82) is 0 Å². The van der Waals surface area contributed by atoms with Crippen molar-refractivity contribution in [2.45, 2.75) is 46.5 Å². The van der Waals surface area contributed by atoms with Crippen LogP contribution in [0.15, 0.2) is 102 Å². The number of benzene rings is 3. The van der Waals surface area contributed by atoms with Crippen molar-refractivity contribution in [3.8, 4) is 0 Å². The molecular formula is C30H32. The maximum absolute atomic E-state index is 2.47. The Morgan fingerprint density at radius 3 is 1.77 bits per heavy atom. The highest BCUT2D eigenvalue weighted by atomic mass is 14.4. The average Bonchev–Trinajstić information content (AvgIpc) is 2.76. The lowest BCUT2D eigenvalue weighted by Gasteiger charge is -2.43. The van der Waals surface area contributed by atoms with Gasteiger partial charge in [0.15, 0.2) is 0 Å². The van der Waals surface area contributed by atoms with E-state index in [1.54, 1.807) is 0 Å². The zero-order valence-electron chi connectivity index (χ0n) is 18.9. The molecule has 152 valence electrons. The van der Waals surface area contributed by atoms with E-state index < -0.39 is 0 Å². The molecule has 0 aliphatic heterocycles. The van der Waals surface area contributed by atoms with Crippen LogP contribution in [0.25, 0.3) is 0 Å². The highest BCUT2D eigenvalue weighted by molar-refractivity contribution is 5.61. The molecular weight excluding hydrogens is 360 g/mol. The normalized spacial score (nSPS) is 17.1. The summed E-state index contributed by atoms with van der Waals surface area (Å²) in [4.78, 5) is 0. The zero-order chi connectivity index (χ0) is 21.3. The van der Waals surface area contributed by atoms with Crippen LogP contribution in [0.4, 0.5) is 0 Å². The van der Waals surface area contributed by atoms with Crippen molar-refractivity contribution in [1.82, 2.24) is 0 Å². The summed E-state index contributed by atoms with van der Waals surface area (Å²) in [5.41, 5.74) is 10.8. The van der Waals surface area contributed by atoms with Gasteiger partial charge in [0.05, 0.1) is 5.41 Å². The molecule has 30 heavy (non-hydrogen) atoms. The first-order chi connectivity index (χ1) is 14.4. The SMILES string of the molecule is CC1=C(C)CC(C)C(C(c2ccccc2)(c2ccccc2)c2ccc(C)c(C)c2)=C1. The molecule has 1 atom stereocenters. The molecule has 0 aromatic heterocycles. The van der Waals surface area contributed by atoms with Crippen molar-refractivity contribution in [3.63, 3.8) is 0 Å². The predicted octanol–water partition coefficient (Wildman–Crippen LogP) is 7.94. The Hall–Kier alpha value is -2.86. The Morgan fingerprint density at radius 1 is 0.667 bits per heavy atom. The van der Waals surface area contributed by atoms with Crippen molar-refractivity contribution in [2.24, 2.45) is 5.92 Å². The second-order valence-electron chi connectivity index (χ2n) is 8.95. The zero-order valence-corrected chi connectivity index (χ0v) is 18.9. The maximum atomic E-state index is 2.47. The number of allylic oxidation sites excluding steroid dienone is 4. The van der Waals surface area contributed by atoms with Gasteiger partial charge in [0, 0.05) is 0 Å². The standard InChI is InChI=1S/C30H32/c1-21-16-17-28(19-23(21)3)30(26-12-8-6-9-13-26,27-14-10-7-11-15-27)29-20-24(4)22(2)18-25(29)5/h6-17,19-20,25H,18H2,1-5H3. The highest BCUT2D eigenvalue weighted by Gasteiger charge is 2.42. The van der Waals surface area contributed by atoms with Crippen LogP contribution >= 0.6 is 0 Å². The fourth-order valence-corrected chi connectivity index (χ4v) is 5.06. The molecule has 1 unspecified atom stereocenters. The highest BCUT2D eigenvalue weighted by Crippen LogP contribution is 2.50. The Labute approximate surface area is 182 Å². The number of hydrogen-bond donors (Lipinski definition) is 0. The first-order valence-corrected chi connectivity index (χ1v) is 11.0. The fourth-order valence-electron chi connectivity index (χ4n) is 5.06. The van der Waals surface area contributed by atoms with E-state index in [0.29, 0.717) is 5.92 Å². The molecule has 0 bridgehead atoms. The molecule has 0 N–H and O–H groups in total. The molecule has 0 fully saturated rings.